The molecule has 0 radical (unpaired) electrons. The third-order valence-corrected chi connectivity index (χ3v) is 7.23. The Morgan fingerprint density at radius 3 is 1.91 bits per heavy atom. The number of nitrogens with zero attached hydrogens (tertiary/aromatic N) is 2. The fraction of sp³-hybridized carbons (Fsp3) is 0.484. The quantitative estimate of drug-likeness (QED) is 0.366. The van der Waals surface area contributed by atoms with Crippen molar-refractivity contribution >= 4 is 17.1 Å². The van der Waals surface area contributed by atoms with E-state index in [0.717, 1.165) is 33.5 Å². The van der Waals surface area contributed by atoms with Crippen LogP contribution in [-0.2, 0) is 4.74 Å². The number of fused-ring (bicyclic) bond motifs is 1. The smallest absolute Gasteiger partial charge is 0.0922 e. The first-order valence-electron chi connectivity index (χ1n) is 12.6. The van der Waals surface area contributed by atoms with Crippen LogP contribution in [0.4, 0.5) is 0 Å². The first-order chi connectivity index (χ1) is 16.0. The molecule has 0 fully saturated rings. The summed E-state index contributed by atoms with van der Waals surface area (Å²) in [6, 6.07) is 16.5. The first kappa shape index (κ1) is 29.5. The maximum Gasteiger partial charge on any atom is 0.0922 e. The fourth-order valence-corrected chi connectivity index (χ4v) is 3.68. The van der Waals surface area contributed by atoms with Gasteiger partial charge in [0.25, 0.3) is 0 Å². The normalized spacial score (nSPS) is 12.1. The Kier molecular flexibility index (Phi) is 10.6. The first-order valence-corrected chi connectivity index (χ1v) is 12.6. The summed E-state index contributed by atoms with van der Waals surface area (Å²) < 4.78 is 5.81. The standard InChI is InChI=1S/C27H34N2O.2C2H6/c1-19-24(21-12-10-9-11-13-21)29-22-15-14-20(18-23(22)28-19)16-17-25(2,3)26(4,5)27(6,7)30-8;2*1-2/h9-18H,1-8H3;2*1-2H3/b17-16+;;. The van der Waals surface area contributed by atoms with Gasteiger partial charge in [0.1, 0.15) is 0 Å². The topological polar surface area (TPSA) is 35.0 Å². The van der Waals surface area contributed by atoms with Crippen molar-refractivity contribution in [3.8, 4) is 11.3 Å². The van der Waals surface area contributed by atoms with Gasteiger partial charge in [0.05, 0.1) is 28.0 Å². The van der Waals surface area contributed by atoms with Gasteiger partial charge < -0.3 is 4.74 Å². The van der Waals surface area contributed by atoms with Crippen molar-refractivity contribution in [1.29, 1.82) is 0 Å². The van der Waals surface area contributed by atoms with E-state index in [1.807, 2.05) is 52.8 Å². The van der Waals surface area contributed by atoms with E-state index in [9.17, 15) is 0 Å². The number of ether oxygens (including phenoxy) is 1. The number of hydrogen-bond donors (Lipinski definition) is 0. The van der Waals surface area contributed by atoms with E-state index in [4.69, 9.17) is 14.7 Å². The van der Waals surface area contributed by atoms with Crippen LogP contribution >= 0.6 is 0 Å². The van der Waals surface area contributed by atoms with Crippen LogP contribution in [0.2, 0.25) is 0 Å². The molecule has 3 rings (SSSR count). The third kappa shape index (κ3) is 6.33. The molecular formula is C31H46N2O. The van der Waals surface area contributed by atoms with E-state index in [1.54, 1.807) is 7.11 Å². The minimum Gasteiger partial charge on any atom is -0.378 e. The molecule has 34 heavy (non-hydrogen) atoms. The van der Waals surface area contributed by atoms with Crippen molar-refractivity contribution in [3.05, 3.63) is 65.9 Å². The highest BCUT2D eigenvalue weighted by Gasteiger charge is 2.47. The molecule has 186 valence electrons. The second kappa shape index (κ2) is 12.3. The summed E-state index contributed by atoms with van der Waals surface area (Å²) in [7, 11) is 1.79. The van der Waals surface area contributed by atoms with E-state index >= 15 is 0 Å². The summed E-state index contributed by atoms with van der Waals surface area (Å²) in [5.41, 5.74) is 5.56. The van der Waals surface area contributed by atoms with E-state index < -0.39 is 0 Å². The monoisotopic (exact) mass is 462 g/mol. The van der Waals surface area contributed by atoms with Crippen molar-refractivity contribution in [1.82, 2.24) is 9.97 Å². The van der Waals surface area contributed by atoms with Crippen molar-refractivity contribution in [3.63, 3.8) is 0 Å². The predicted molar refractivity (Wildman–Crippen MR) is 150 cm³/mol. The van der Waals surface area contributed by atoms with Crippen LogP contribution in [0.5, 0.6) is 0 Å². The molecule has 0 saturated carbocycles. The van der Waals surface area contributed by atoms with Gasteiger partial charge >= 0.3 is 0 Å². The van der Waals surface area contributed by atoms with Crippen LogP contribution in [0.15, 0.2) is 54.6 Å². The molecule has 0 aliphatic carbocycles. The summed E-state index contributed by atoms with van der Waals surface area (Å²) >= 11 is 0. The lowest BCUT2D eigenvalue weighted by Gasteiger charge is -2.50. The lowest BCUT2D eigenvalue weighted by Crippen LogP contribution is -2.49. The molecule has 3 nitrogen and oxygen atoms in total. The number of methoxy groups -OCH3 is 1. The maximum absolute atomic E-state index is 5.81. The van der Waals surface area contributed by atoms with Crippen molar-refractivity contribution in [2.24, 2.45) is 10.8 Å². The zero-order valence-corrected chi connectivity index (χ0v) is 23.6. The lowest BCUT2D eigenvalue weighted by atomic mass is 9.59. The second-order valence-electron chi connectivity index (χ2n) is 9.67. The Bertz CT molecular complexity index is 1060. The molecule has 3 aromatic rings. The molecule has 0 amide bonds. The maximum atomic E-state index is 5.81. The van der Waals surface area contributed by atoms with E-state index in [1.165, 1.54) is 0 Å². The predicted octanol–water partition coefficient (Wildman–Crippen LogP) is 9.15. The highest BCUT2D eigenvalue weighted by Crippen LogP contribution is 2.49. The molecule has 0 bridgehead atoms. The summed E-state index contributed by atoms with van der Waals surface area (Å²) in [6.07, 6.45) is 4.47. The second-order valence-corrected chi connectivity index (χ2v) is 9.67. The minimum absolute atomic E-state index is 0.0664. The molecule has 0 N–H and O–H groups in total. The molecule has 0 spiro atoms. The Labute approximate surface area is 208 Å². The molecular weight excluding hydrogens is 416 g/mol. The summed E-state index contributed by atoms with van der Waals surface area (Å²) in [4.78, 5) is 9.72. The number of hydrogen-bond acceptors (Lipinski definition) is 3. The molecule has 0 atom stereocenters. The Hall–Kier alpha value is -2.52. The summed E-state index contributed by atoms with van der Waals surface area (Å²) in [6.45, 7) is 23.4. The number of aryl methyl sites for hydroxylation is 1. The van der Waals surface area contributed by atoms with Crippen molar-refractivity contribution < 1.29 is 4.74 Å². The van der Waals surface area contributed by atoms with Crippen molar-refractivity contribution in [2.75, 3.05) is 7.11 Å². The van der Waals surface area contributed by atoms with Gasteiger partial charge in [-0.25, -0.2) is 9.97 Å². The van der Waals surface area contributed by atoms with Gasteiger partial charge in [-0.05, 0) is 43.9 Å². The summed E-state index contributed by atoms with van der Waals surface area (Å²) in [5.74, 6) is 0. The zero-order chi connectivity index (χ0) is 26.2. The Morgan fingerprint density at radius 2 is 1.35 bits per heavy atom. The van der Waals surface area contributed by atoms with Gasteiger partial charge in [-0.2, -0.15) is 0 Å². The number of benzene rings is 2. The fourth-order valence-electron chi connectivity index (χ4n) is 3.68. The highest BCUT2D eigenvalue weighted by atomic mass is 16.5. The molecule has 1 aromatic heterocycles. The number of allylic oxidation sites excluding steroid dienone is 1. The molecule has 0 saturated heterocycles. The largest absolute Gasteiger partial charge is 0.378 e. The van der Waals surface area contributed by atoms with Crippen LogP contribution in [0.3, 0.4) is 0 Å². The van der Waals surface area contributed by atoms with Crippen LogP contribution in [0.1, 0.15) is 80.5 Å². The van der Waals surface area contributed by atoms with Gasteiger partial charge in [-0.3, -0.25) is 0 Å². The molecule has 2 aromatic carbocycles. The summed E-state index contributed by atoms with van der Waals surface area (Å²) in [5, 5.41) is 0. The van der Waals surface area contributed by atoms with Crippen LogP contribution in [-0.4, -0.2) is 22.7 Å². The molecule has 0 aliphatic heterocycles. The lowest BCUT2D eigenvalue weighted by molar-refractivity contribution is -0.111. The molecule has 3 heteroatoms. The van der Waals surface area contributed by atoms with Gasteiger partial charge in [0.2, 0.25) is 0 Å². The van der Waals surface area contributed by atoms with Crippen LogP contribution in [0, 0.1) is 17.8 Å². The Morgan fingerprint density at radius 1 is 0.765 bits per heavy atom. The number of aromatic nitrogens is 2. The SMILES string of the molecule is CC.CC.COC(C)(C)C(C)(C)C(C)(C)/C=C/c1ccc2nc(-c3ccccc3)c(C)nc2c1. The average molecular weight is 463 g/mol. The third-order valence-electron chi connectivity index (χ3n) is 7.23. The van der Waals surface area contributed by atoms with Gasteiger partial charge in [-0.15, -0.1) is 0 Å². The average Bonchev–Trinajstić information content (AvgIpc) is 2.85. The van der Waals surface area contributed by atoms with Gasteiger partial charge in [0.15, 0.2) is 0 Å². The Balaban J connectivity index is 0.00000137. The highest BCUT2D eigenvalue weighted by molar-refractivity contribution is 5.80. The van der Waals surface area contributed by atoms with Crippen LogP contribution in [0.25, 0.3) is 28.4 Å². The van der Waals surface area contributed by atoms with Crippen LogP contribution < -0.4 is 0 Å². The molecule has 0 unspecified atom stereocenters. The van der Waals surface area contributed by atoms with Gasteiger partial charge in [-0.1, -0.05) is 104 Å². The van der Waals surface area contributed by atoms with E-state index in [2.05, 4.69) is 84.0 Å². The van der Waals surface area contributed by atoms with Gasteiger partial charge in [0, 0.05) is 18.1 Å². The zero-order valence-electron chi connectivity index (χ0n) is 23.6. The van der Waals surface area contributed by atoms with Crippen molar-refractivity contribution in [2.45, 2.75) is 81.8 Å². The molecule has 0 aliphatic rings. The number of rotatable bonds is 6. The minimum atomic E-state index is -0.249. The van der Waals surface area contributed by atoms with E-state index in [-0.39, 0.29) is 16.4 Å². The van der Waals surface area contributed by atoms with E-state index in [0.29, 0.717) is 0 Å². The molecule has 1 heterocycles.